The molecule has 0 radical (unpaired) electrons. The van der Waals surface area contributed by atoms with Gasteiger partial charge in [0.1, 0.15) is 24.1 Å². The van der Waals surface area contributed by atoms with Crippen LogP contribution in [0.3, 0.4) is 0 Å². The summed E-state index contributed by atoms with van der Waals surface area (Å²) in [5.74, 6) is -0.437. The third-order valence-electron chi connectivity index (χ3n) is 14.4. The second-order valence-electron chi connectivity index (χ2n) is 19.1. The second-order valence-corrected chi connectivity index (χ2v) is 19.1. The predicted molar refractivity (Wildman–Crippen MR) is 268 cm³/mol. The number of rotatable bonds is 22. The lowest BCUT2D eigenvalue weighted by Gasteiger charge is -2.60. The van der Waals surface area contributed by atoms with E-state index >= 15 is 4.79 Å². The number of pyridine rings is 1. The van der Waals surface area contributed by atoms with Gasteiger partial charge in [-0.1, -0.05) is 42.3 Å². The van der Waals surface area contributed by atoms with Gasteiger partial charge in [-0.15, -0.1) is 6.58 Å². The number of aromatic nitrogens is 1. The number of carbonyl (C=O) groups is 1. The number of fused-ring (bicyclic) bond motifs is 3. The minimum absolute atomic E-state index is 0.0132. The fraction of sp³-hybridized carbons (Fsp3) is 0.446. The molecule has 16 heteroatoms. The van der Waals surface area contributed by atoms with Crippen molar-refractivity contribution < 1.29 is 53.2 Å². The molecule has 4 heterocycles. The smallest absolute Gasteiger partial charge is 0.269 e. The van der Waals surface area contributed by atoms with Crippen LogP contribution in [-0.2, 0) is 32.3 Å². The zero-order valence-electron chi connectivity index (χ0n) is 40.8. The fourth-order valence-corrected chi connectivity index (χ4v) is 11.0. The number of ether oxygens (including phenoxy) is 6. The molecule has 0 bridgehead atoms. The molecule has 3 aromatic carbocycles. The van der Waals surface area contributed by atoms with Crippen LogP contribution >= 0.6 is 0 Å². The average Bonchev–Trinajstić information content (AvgIpc) is 3.87. The number of nitrogens with zero attached hydrogens (tertiary/aromatic N) is 4. The molecule has 1 unspecified atom stereocenters. The lowest BCUT2D eigenvalue weighted by molar-refractivity contribution is -0.384. The van der Waals surface area contributed by atoms with E-state index in [-0.39, 0.29) is 75.5 Å². The van der Waals surface area contributed by atoms with E-state index < -0.39 is 29.0 Å². The number of hydrogen-bond acceptors (Lipinski definition) is 14. The van der Waals surface area contributed by atoms with Crippen molar-refractivity contribution in [3.8, 4) is 23.0 Å². The first kappa shape index (κ1) is 50.4. The maximum atomic E-state index is 15.4. The topological polar surface area (TPSA) is 194 Å². The Kier molecular flexibility index (Phi) is 16.3. The monoisotopic (exact) mass is 984 g/mol. The Morgan fingerprint density at radius 1 is 0.986 bits per heavy atom. The lowest BCUT2D eigenvalue weighted by atomic mass is 9.55. The van der Waals surface area contributed by atoms with Crippen molar-refractivity contribution >= 4 is 23.4 Å². The van der Waals surface area contributed by atoms with Crippen LogP contribution in [0.1, 0.15) is 98.2 Å². The molecule has 7 atom stereocenters. The molecule has 2 N–H and O–H groups in total. The second kappa shape index (κ2) is 23.3. The molecule has 2 fully saturated rings. The number of benzene rings is 3. The highest BCUT2D eigenvalue weighted by atomic mass is 16.8. The van der Waals surface area contributed by atoms with E-state index in [1.165, 1.54) is 18.2 Å². The van der Waals surface area contributed by atoms with Gasteiger partial charge in [0.15, 0.2) is 11.5 Å². The highest BCUT2D eigenvalue weighted by molar-refractivity contribution is 6.03. The summed E-state index contributed by atoms with van der Waals surface area (Å²) >= 11 is 0. The third kappa shape index (κ3) is 11.2. The van der Waals surface area contributed by atoms with Crippen LogP contribution in [0.25, 0.3) is 6.08 Å². The molecule has 2 aliphatic carbocycles. The largest absolute Gasteiger partial charge is 0.487 e. The van der Waals surface area contributed by atoms with Gasteiger partial charge < -0.3 is 48.4 Å². The number of nitro benzene ring substituents is 1. The number of non-ortho nitro benzene ring substituents is 1. The molecule has 9 rings (SSSR count). The zero-order valence-corrected chi connectivity index (χ0v) is 40.8. The standard InChI is InChI=1S/C56H64N4O12/c1-3-28-70-56-51(59(34-39-18-23-49-50(30-39)69-36-68-49)52(63)25-19-38-16-20-42(21-17-38)60(64)65)33-47(58-72-53-15-6-9-29-66-53)45-31-40(12-4-7-26-61)44(14-5-8-27-62)54(55(45)56)46-32-43(22-24-48(46)71-56)67-35-41-13-10-11-37(2)57-41/h3,10-11,13,16-25,30-32,40,44,51,53-55,61-62H,1,4-9,12,14-15,26-29,33-36H2,2H3/t40-,44+,51-,53?,54+,55+,56+/m0/s1. The van der Waals surface area contributed by atoms with E-state index in [1.54, 1.807) is 29.2 Å². The van der Waals surface area contributed by atoms with E-state index in [1.807, 2.05) is 55.5 Å². The van der Waals surface area contributed by atoms with Gasteiger partial charge >= 0.3 is 0 Å². The quantitative estimate of drug-likeness (QED) is 0.0249. The summed E-state index contributed by atoms with van der Waals surface area (Å²) in [4.78, 5) is 39.2. The van der Waals surface area contributed by atoms with Gasteiger partial charge in [-0.3, -0.25) is 19.9 Å². The first-order chi connectivity index (χ1) is 35.2. The van der Waals surface area contributed by atoms with Gasteiger partial charge in [-0.05, 0) is 135 Å². The number of unbranched alkanes of at least 4 members (excludes halogenated alkanes) is 2. The first-order valence-electron chi connectivity index (χ1n) is 25.2. The Morgan fingerprint density at radius 2 is 1.79 bits per heavy atom. The van der Waals surface area contributed by atoms with Crippen LogP contribution in [0, 0.1) is 34.8 Å². The van der Waals surface area contributed by atoms with Crippen LogP contribution in [0.5, 0.6) is 23.0 Å². The van der Waals surface area contributed by atoms with E-state index in [2.05, 4.69) is 23.7 Å². The number of nitro groups is 1. The molecule has 72 heavy (non-hydrogen) atoms. The van der Waals surface area contributed by atoms with Crippen LogP contribution in [0.4, 0.5) is 5.69 Å². The highest BCUT2D eigenvalue weighted by Crippen LogP contribution is 2.62. The maximum absolute atomic E-state index is 15.4. The normalized spacial score (nSPS) is 24.4. The summed E-state index contributed by atoms with van der Waals surface area (Å²) in [7, 11) is 0. The van der Waals surface area contributed by atoms with E-state index in [0.29, 0.717) is 60.1 Å². The van der Waals surface area contributed by atoms with Crippen molar-refractivity contribution in [2.24, 2.45) is 22.9 Å². The molecule has 1 amide bonds. The van der Waals surface area contributed by atoms with Crippen molar-refractivity contribution in [1.82, 2.24) is 9.88 Å². The lowest BCUT2D eigenvalue weighted by Crippen LogP contribution is -2.70. The van der Waals surface area contributed by atoms with E-state index in [4.69, 9.17) is 38.4 Å². The first-order valence-corrected chi connectivity index (χ1v) is 25.2. The molecular formula is C56H64N4O12. The number of allylic oxidation sites excluding steroid dienone is 1. The van der Waals surface area contributed by atoms with Crippen molar-refractivity contribution in [2.45, 2.75) is 108 Å². The number of aliphatic hydroxyl groups is 2. The Hall–Kier alpha value is -6.59. The Morgan fingerprint density at radius 3 is 2.56 bits per heavy atom. The van der Waals surface area contributed by atoms with Gasteiger partial charge in [0.05, 0.1) is 35.5 Å². The van der Waals surface area contributed by atoms with Crippen LogP contribution in [-0.4, -0.2) is 88.0 Å². The Labute approximate surface area is 420 Å². The van der Waals surface area contributed by atoms with Gasteiger partial charge in [-0.25, -0.2) is 0 Å². The molecule has 1 saturated carbocycles. The molecule has 0 spiro atoms. The van der Waals surface area contributed by atoms with Crippen LogP contribution in [0.15, 0.2) is 114 Å². The summed E-state index contributed by atoms with van der Waals surface area (Å²) in [5.41, 5.74) is 5.42. The summed E-state index contributed by atoms with van der Waals surface area (Å²) in [5, 5.41) is 36.7. The van der Waals surface area contributed by atoms with Crippen molar-refractivity contribution in [3.05, 3.63) is 147 Å². The number of aryl methyl sites for hydroxylation is 1. The third-order valence-corrected chi connectivity index (χ3v) is 14.4. The number of aliphatic hydroxyl groups excluding tert-OH is 2. The summed E-state index contributed by atoms with van der Waals surface area (Å²) < 4.78 is 38.8. The fourth-order valence-electron chi connectivity index (χ4n) is 11.0. The van der Waals surface area contributed by atoms with Crippen molar-refractivity contribution in [2.75, 3.05) is 33.2 Å². The van der Waals surface area contributed by atoms with Crippen molar-refractivity contribution in [1.29, 1.82) is 0 Å². The minimum Gasteiger partial charge on any atom is -0.487 e. The predicted octanol–water partition coefficient (Wildman–Crippen LogP) is 9.51. The number of oxime groups is 1. The number of amides is 1. The van der Waals surface area contributed by atoms with Gasteiger partial charge in [0.25, 0.3) is 5.69 Å². The zero-order chi connectivity index (χ0) is 50.0. The van der Waals surface area contributed by atoms with Gasteiger partial charge in [-0.2, -0.15) is 0 Å². The molecule has 5 aliphatic rings. The summed E-state index contributed by atoms with van der Waals surface area (Å²) in [6.07, 6.45) is 13.6. The molecule has 1 saturated heterocycles. The molecule has 1 aromatic heterocycles. The van der Waals surface area contributed by atoms with Crippen LogP contribution in [0.2, 0.25) is 0 Å². The SMILES string of the molecule is C=CCO[C@@]12Oc3ccc(OCc4cccc(C)n4)cc3[C@H]3[C@H](CCCCO)[C@@H](CCCCO)C=C(C(=NOC4CCCCO4)C[C@@H]1N(Cc1ccc4c(c1)OCO4)C(=O)C=Cc1ccc([N+](=O)[O-])cc1)[C@H]32. The Bertz CT molecular complexity index is 2650. The minimum atomic E-state index is -1.55. The molecule has 4 aromatic rings. The van der Waals surface area contributed by atoms with Crippen molar-refractivity contribution in [3.63, 3.8) is 0 Å². The van der Waals surface area contributed by atoms with Gasteiger partial charge in [0.2, 0.25) is 24.8 Å². The Balaban J connectivity index is 1.23. The number of carbonyl (C=O) groups excluding carboxylic acids is 1. The summed E-state index contributed by atoms with van der Waals surface area (Å²) in [6.45, 7) is 7.20. The molecule has 16 nitrogen and oxygen atoms in total. The molecule has 380 valence electrons. The maximum Gasteiger partial charge on any atom is 0.269 e. The number of hydrogen-bond donors (Lipinski definition) is 2. The highest BCUT2D eigenvalue weighted by Gasteiger charge is 2.65. The van der Waals surface area contributed by atoms with Crippen LogP contribution < -0.4 is 18.9 Å². The molecular weight excluding hydrogens is 921 g/mol. The van der Waals surface area contributed by atoms with E-state index in [9.17, 15) is 20.3 Å². The summed E-state index contributed by atoms with van der Waals surface area (Å²) in [6, 6.07) is 22.5. The average molecular weight is 985 g/mol. The van der Waals surface area contributed by atoms with Gasteiger partial charge in [0, 0.05) is 68.0 Å². The molecule has 3 aliphatic heterocycles. The van der Waals surface area contributed by atoms with E-state index in [0.717, 1.165) is 66.6 Å².